The summed E-state index contributed by atoms with van der Waals surface area (Å²) in [6, 6.07) is 13.2. The molecule has 21 heavy (non-hydrogen) atoms. The molecule has 2 aromatic carbocycles. The molecule has 0 bridgehead atoms. The van der Waals surface area contributed by atoms with E-state index in [1.54, 1.807) is 30.5 Å². The molecule has 1 aromatic heterocycles. The summed E-state index contributed by atoms with van der Waals surface area (Å²) in [4.78, 5) is 15.4. The molecule has 3 nitrogen and oxygen atoms in total. The summed E-state index contributed by atoms with van der Waals surface area (Å²) in [7, 11) is 0. The third-order valence-corrected chi connectivity index (χ3v) is 3.40. The van der Waals surface area contributed by atoms with Crippen LogP contribution in [0.15, 0.2) is 48.7 Å². The van der Waals surface area contributed by atoms with Crippen molar-refractivity contribution in [3.8, 4) is 6.07 Å². The predicted octanol–water partition coefficient (Wildman–Crippen LogP) is 3.60. The van der Waals surface area contributed by atoms with E-state index < -0.39 is 0 Å². The Kier molecular flexibility index (Phi) is 3.25. The Balaban J connectivity index is 1.99. The van der Waals surface area contributed by atoms with E-state index in [2.05, 4.69) is 11.1 Å². The summed E-state index contributed by atoms with van der Waals surface area (Å²) in [5.41, 5.74) is 2.46. The summed E-state index contributed by atoms with van der Waals surface area (Å²) in [6.45, 7) is 0. The molecule has 0 spiro atoms. The molecular weight excluding hydrogens is 267 g/mol. The average Bonchev–Trinajstić information content (AvgIpc) is 2.93. The van der Waals surface area contributed by atoms with Gasteiger partial charge in [-0.1, -0.05) is 18.2 Å². The van der Waals surface area contributed by atoms with E-state index >= 15 is 0 Å². The van der Waals surface area contributed by atoms with Gasteiger partial charge < -0.3 is 4.98 Å². The van der Waals surface area contributed by atoms with Gasteiger partial charge in [0.05, 0.1) is 11.6 Å². The highest BCUT2D eigenvalue weighted by atomic mass is 19.1. The lowest BCUT2D eigenvalue weighted by atomic mass is 10.00. The average molecular weight is 278 g/mol. The van der Waals surface area contributed by atoms with Gasteiger partial charge >= 0.3 is 0 Å². The fourth-order valence-corrected chi connectivity index (χ4v) is 2.38. The number of rotatable bonds is 3. The molecule has 1 heterocycles. The van der Waals surface area contributed by atoms with Gasteiger partial charge in [0.15, 0.2) is 5.78 Å². The van der Waals surface area contributed by atoms with Crippen molar-refractivity contribution >= 4 is 16.7 Å². The van der Waals surface area contributed by atoms with Gasteiger partial charge in [0.1, 0.15) is 5.82 Å². The minimum atomic E-state index is -0.329. The van der Waals surface area contributed by atoms with Crippen LogP contribution in [0.4, 0.5) is 4.39 Å². The van der Waals surface area contributed by atoms with Crippen LogP contribution >= 0.6 is 0 Å². The molecule has 4 heteroatoms. The van der Waals surface area contributed by atoms with Crippen molar-refractivity contribution in [3.05, 3.63) is 71.2 Å². The first kappa shape index (κ1) is 13.1. The number of halogens is 1. The second-order valence-corrected chi connectivity index (χ2v) is 4.77. The minimum absolute atomic E-state index is 0.101. The lowest BCUT2D eigenvalue weighted by Crippen LogP contribution is -2.03. The maximum atomic E-state index is 12.9. The Hall–Kier alpha value is -2.93. The first-order valence-corrected chi connectivity index (χ1v) is 6.47. The number of hydrogen-bond donors (Lipinski definition) is 1. The zero-order valence-electron chi connectivity index (χ0n) is 11.1. The van der Waals surface area contributed by atoms with Crippen LogP contribution in [-0.4, -0.2) is 10.8 Å². The fourth-order valence-electron chi connectivity index (χ4n) is 2.38. The molecule has 102 valence electrons. The van der Waals surface area contributed by atoms with Gasteiger partial charge in [-0.2, -0.15) is 5.26 Å². The molecular formula is C17H11FN2O. The number of nitriles is 1. The van der Waals surface area contributed by atoms with Gasteiger partial charge in [-0.25, -0.2) is 4.39 Å². The summed E-state index contributed by atoms with van der Waals surface area (Å²) < 4.78 is 12.9. The van der Waals surface area contributed by atoms with Gasteiger partial charge in [0.25, 0.3) is 0 Å². The largest absolute Gasteiger partial charge is 0.360 e. The number of carbonyl (C=O) groups excluding carboxylic acids is 1. The first-order valence-electron chi connectivity index (χ1n) is 6.47. The van der Waals surface area contributed by atoms with Gasteiger partial charge in [0, 0.05) is 29.1 Å². The zero-order chi connectivity index (χ0) is 14.8. The smallest absolute Gasteiger partial charge is 0.169 e. The molecule has 3 aromatic rings. The monoisotopic (exact) mass is 278 g/mol. The van der Waals surface area contributed by atoms with Gasteiger partial charge in [-0.3, -0.25) is 4.79 Å². The summed E-state index contributed by atoms with van der Waals surface area (Å²) in [5.74, 6) is -0.430. The summed E-state index contributed by atoms with van der Waals surface area (Å²) in [6.07, 6.45) is 1.80. The number of Topliss-reactive ketones (excluding diaryl/α,β-unsaturated/α-hetero) is 1. The van der Waals surface area contributed by atoms with E-state index in [-0.39, 0.29) is 18.0 Å². The van der Waals surface area contributed by atoms with Crippen molar-refractivity contribution in [2.75, 3.05) is 0 Å². The maximum absolute atomic E-state index is 12.9. The Morgan fingerprint density at radius 3 is 2.67 bits per heavy atom. The molecule has 0 saturated carbocycles. The summed E-state index contributed by atoms with van der Waals surface area (Å²) >= 11 is 0. The van der Waals surface area contributed by atoms with E-state index in [1.807, 2.05) is 6.07 Å². The molecule has 0 radical (unpaired) electrons. The van der Waals surface area contributed by atoms with Crippen molar-refractivity contribution in [2.24, 2.45) is 0 Å². The minimum Gasteiger partial charge on any atom is -0.360 e. The predicted molar refractivity (Wildman–Crippen MR) is 77.4 cm³/mol. The number of H-pyrrole nitrogens is 1. The number of aromatic nitrogens is 1. The molecule has 0 unspecified atom stereocenters. The molecule has 0 atom stereocenters. The van der Waals surface area contributed by atoms with Crippen LogP contribution in [0.2, 0.25) is 0 Å². The Labute approximate surface area is 120 Å². The van der Waals surface area contributed by atoms with Crippen LogP contribution in [0, 0.1) is 17.1 Å². The van der Waals surface area contributed by atoms with Crippen molar-refractivity contribution in [1.82, 2.24) is 4.98 Å². The Morgan fingerprint density at radius 1 is 1.19 bits per heavy atom. The third kappa shape index (κ3) is 2.41. The number of nitrogens with zero attached hydrogens (tertiary/aromatic N) is 1. The number of fused-ring (bicyclic) bond motifs is 1. The van der Waals surface area contributed by atoms with Crippen molar-refractivity contribution in [2.45, 2.75) is 6.42 Å². The quantitative estimate of drug-likeness (QED) is 0.744. The van der Waals surface area contributed by atoms with E-state index in [4.69, 9.17) is 5.26 Å². The lowest BCUT2D eigenvalue weighted by Gasteiger charge is -2.01. The van der Waals surface area contributed by atoms with Gasteiger partial charge in [-0.05, 0) is 29.8 Å². The highest BCUT2D eigenvalue weighted by molar-refractivity contribution is 6.10. The molecule has 3 rings (SSSR count). The molecule has 0 amide bonds. The van der Waals surface area contributed by atoms with E-state index in [1.165, 1.54) is 12.1 Å². The first-order chi connectivity index (χ1) is 10.2. The highest BCUT2D eigenvalue weighted by Gasteiger charge is 2.15. The Bertz CT molecular complexity index is 857. The second kappa shape index (κ2) is 5.22. The molecule has 0 aliphatic heterocycles. The number of carbonyl (C=O) groups is 1. The molecule has 0 aliphatic rings. The van der Waals surface area contributed by atoms with E-state index in [0.717, 1.165) is 11.1 Å². The third-order valence-electron chi connectivity index (χ3n) is 3.40. The molecule has 0 saturated heterocycles. The maximum Gasteiger partial charge on any atom is 0.169 e. The molecule has 1 N–H and O–H groups in total. The van der Waals surface area contributed by atoms with Crippen LogP contribution in [0.3, 0.4) is 0 Å². The second-order valence-electron chi connectivity index (χ2n) is 4.77. The summed E-state index contributed by atoms with van der Waals surface area (Å²) in [5, 5.41) is 9.81. The van der Waals surface area contributed by atoms with E-state index in [0.29, 0.717) is 16.5 Å². The Morgan fingerprint density at radius 2 is 1.95 bits per heavy atom. The van der Waals surface area contributed by atoms with Crippen molar-refractivity contribution in [3.63, 3.8) is 0 Å². The highest BCUT2D eigenvalue weighted by Crippen LogP contribution is 2.23. The lowest BCUT2D eigenvalue weighted by molar-refractivity contribution is 0.0994. The number of aromatic amines is 1. The van der Waals surface area contributed by atoms with Crippen LogP contribution in [0.25, 0.3) is 10.9 Å². The van der Waals surface area contributed by atoms with Gasteiger partial charge in [0.2, 0.25) is 0 Å². The topological polar surface area (TPSA) is 56.6 Å². The van der Waals surface area contributed by atoms with Gasteiger partial charge in [-0.15, -0.1) is 0 Å². The molecule has 0 fully saturated rings. The van der Waals surface area contributed by atoms with Crippen molar-refractivity contribution in [1.29, 1.82) is 5.26 Å². The van der Waals surface area contributed by atoms with Crippen molar-refractivity contribution < 1.29 is 9.18 Å². The number of benzene rings is 2. The van der Waals surface area contributed by atoms with Crippen LogP contribution in [-0.2, 0) is 6.42 Å². The fraction of sp³-hybridized carbons (Fsp3) is 0.0588. The van der Waals surface area contributed by atoms with E-state index in [9.17, 15) is 9.18 Å². The van der Waals surface area contributed by atoms with Crippen LogP contribution < -0.4 is 0 Å². The SMILES string of the molecule is N#Cc1cccc2[nH]cc(C(=O)Cc3ccc(F)cc3)c12. The number of nitrogens with one attached hydrogen (secondary N) is 1. The zero-order valence-corrected chi connectivity index (χ0v) is 11.1. The van der Waals surface area contributed by atoms with Crippen LogP contribution in [0.5, 0.6) is 0 Å². The molecule has 0 aliphatic carbocycles. The standard InChI is InChI=1S/C17H11FN2O/c18-13-6-4-11(5-7-13)8-16(21)14-10-20-15-3-1-2-12(9-19)17(14)15/h1-7,10,20H,8H2. The normalized spacial score (nSPS) is 10.5. The number of ketones is 1. The van der Waals surface area contributed by atoms with Crippen LogP contribution in [0.1, 0.15) is 21.5 Å². The number of hydrogen-bond acceptors (Lipinski definition) is 2.